The Labute approximate surface area is 302 Å². The molecule has 0 saturated heterocycles. The van der Waals surface area contributed by atoms with Crippen LogP contribution in [-0.4, -0.2) is 52.6 Å². The van der Waals surface area contributed by atoms with Crippen LogP contribution in [-0.2, 0) is 43.2 Å². The molecule has 0 unspecified atom stereocenters. The second-order valence-corrected chi connectivity index (χ2v) is 15.6. The summed E-state index contributed by atoms with van der Waals surface area (Å²) < 4.78 is 0. The maximum atomic E-state index is 11.5. The van der Waals surface area contributed by atoms with Crippen molar-refractivity contribution < 1.29 is 95.8 Å². The molecule has 0 spiro atoms. The molecule has 12 nitrogen and oxygen atoms in total. The van der Waals surface area contributed by atoms with Crippen molar-refractivity contribution in [1.82, 2.24) is 0 Å². The molecule has 0 fully saturated rings. The van der Waals surface area contributed by atoms with Crippen molar-refractivity contribution in [2.24, 2.45) is 32.5 Å². The summed E-state index contributed by atoms with van der Waals surface area (Å²) in [6.45, 7) is 22.7. The van der Waals surface area contributed by atoms with Gasteiger partial charge >= 0.3 is 37.3 Å². The van der Waals surface area contributed by atoms with Gasteiger partial charge in [0, 0.05) is 16.2 Å². The van der Waals surface area contributed by atoms with Crippen LogP contribution in [0.15, 0.2) is 0 Å². The second kappa shape index (κ2) is 18.3. The number of carboxylic acids is 3. The molecule has 0 aromatic rings. The largest absolute Gasteiger partial charge is 3.00 e. The third kappa shape index (κ3) is 17.0. The number of carboxylic acid groups (broad SMARTS) is 3. The van der Waals surface area contributed by atoms with E-state index in [1.165, 1.54) is 41.5 Å². The van der Waals surface area contributed by atoms with Crippen molar-refractivity contribution in [3.63, 3.8) is 0 Å². The predicted molar refractivity (Wildman–Crippen MR) is 159 cm³/mol. The van der Waals surface area contributed by atoms with Crippen LogP contribution in [0.1, 0.15) is 123 Å². The van der Waals surface area contributed by atoms with Crippen LogP contribution in [0.4, 0.5) is 0 Å². The van der Waals surface area contributed by atoms with Crippen LogP contribution in [0, 0.1) is 69.8 Å². The third-order valence-corrected chi connectivity index (χ3v) is 7.10. The van der Waals surface area contributed by atoms with E-state index in [1.807, 2.05) is 0 Å². The number of aliphatic carboxylic acids is 3. The quantitative estimate of drug-likeness (QED) is 0.252. The molecular formula is C33H51ErO12. The number of carbonyl (C=O) groups excluding carboxylic acids is 9. The normalized spacial score (nSPS) is 12.1. The number of hydrogen-bond acceptors (Lipinski definition) is 12. The Morgan fingerprint density at radius 1 is 0.326 bits per heavy atom. The van der Waals surface area contributed by atoms with Crippen LogP contribution >= 0.6 is 0 Å². The molecule has 0 N–H and O–H groups in total. The van der Waals surface area contributed by atoms with Crippen molar-refractivity contribution in [3.8, 4) is 0 Å². The predicted octanol–water partition coefficient (Wildman–Crippen LogP) is 1.01. The molecule has 0 aliphatic carbocycles. The molecule has 0 aliphatic rings. The summed E-state index contributed by atoms with van der Waals surface area (Å²) in [6, 6.07) is 0. The van der Waals surface area contributed by atoms with E-state index in [4.69, 9.17) is 0 Å². The Hall–Kier alpha value is -2.32. The number of ketones is 6. The maximum absolute atomic E-state index is 11.5. The van der Waals surface area contributed by atoms with Gasteiger partial charge < -0.3 is 29.7 Å². The smallest absolute Gasteiger partial charge is 0.549 e. The van der Waals surface area contributed by atoms with Crippen molar-refractivity contribution in [2.75, 3.05) is 0 Å². The summed E-state index contributed by atoms with van der Waals surface area (Å²) >= 11 is 0. The first kappa shape index (κ1) is 50.5. The van der Waals surface area contributed by atoms with E-state index in [0.717, 1.165) is 0 Å². The molecule has 0 bridgehead atoms. The molecule has 13 heteroatoms. The van der Waals surface area contributed by atoms with Crippen LogP contribution in [0.5, 0.6) is 0 Å². The van der Waals surface area contributed by atoms with Gasteiger partial charge in [0.25, 0.3) is 0 Å². The SMILES string of the molecule is CC(C)(C)C(=O)CC(=O)C(C)(C)C(=O)[O-].CC(C)(C)C(=O)CC(=O)C(C)(C)C(=O)[O-].CC(C)(C)C(=O)CC(=O)C(C)(C)C(=O)[O-].[Er+3]. The van der Waals surface area contributed by atoms with Gasteiger partial charge in [-0.1, -0.05) is 62.3 Å². The average Bonchev–Trinajstić information content (AvgIpc) is 2.82. The molecule has 0 rings (SSSR count). The molecule has 0 amide bonds. The monoisotopic (exact) mass is 805 g/mol. The van der Waals surface area contributed by atoms with Crippen LogP contribution in [0.2, 0.25) is 0 Å². The zero-order valence-electron chi connectivity index (χ0n) is 29.8. The standard InChI is InChI=1S/3C11H18O4.Er/c3*1-10(2,3)7(12)6-8(13)11(4,5)9(14)15;/h3*6H2,1-5H3,(H,14,15);/q;;;+3/p-3. The summed E-state index contributed by atoms with van der Waals surface area (Å²) in [6.07, 6.45) is -1.07. The molecule has 46 heavy (non-hydrogen) atoms. The zero-order valence-corrected chi connectivity index (χ0v) is 31.7. The molecular weight excluding hydrogens is 756 g/mol. The van der Waals surface area contributed by atoms with E-state index in [-0.39, 0.29) is 73.9 Å². The topological polar surface area (TPSA) is 223 Å². The first-order chi connectivity index (χ1) is 19.5. The molecule has 0 aliphatic heterocycles. The van der Waals surface area contributed by atoms with Gasteiger partial charge in [-0.05, 0) is 41.5 Å². The molecule has 0 heterocycles. The van der Waals surface area contributed by atoms with E-state index in [0.29, 0.717) is 0 Å². The van der Waals surface area contributed by atoms with E-state index in [2.05, 4.69) is 0 Å². The Bertz CT molecular complexity index is 1040. The summed E-state index contributed by atoms with van der Waals surface area (Å²) in [7, 11) is 0. The fourth-order valence-corrected chi connectivity index (χ4v) is 2.24. The van der Waals surface area contributed by atoms with Crippen LogP contribution in [0.25, 0.3) is 0 Å². The molecule has 0 atom stereocenters. The second-order valence-electron chi connectivity index (χ2n) is 15.6. The fourth-order valence-electron chi connectivity index (χ4n) is 2.24. The van der Waals surface area contributed by atoms with Gasteiger partial charge in [0.15, 0.2) is 17.3 Å². The summed E-state index contributed by atoms with van der Waals surface area (Å²) in [4.78, 5) is 101. The average molecular weight is 807 g/mol. The van der Waals surface area contributed by atoms with Gasteiger partial charge in [-0.15, -0.1) is 0 Å². The first-order valence-electron chi connectivity index (χ1n) is 14.3. The number of rotatable bonds is 12. The van der Waals surface area contributed by atoms with E-state index >= 15 is 0 Å². The fraction of sp³-hybridized carbons (Fsp3) is 0.727. The van der Waals surface area contributed by atoms with Gasteiger partial charge in [-0.25, -0.2) is 0 Å². The molecule has 267 valence electrons. The molecule has 1 radical (unpaired) electrons. The molecule has 0 aromatic carbocycles. The summed E-state index contributed by atoms with van der Waals surface area (Å²) in [5, 5.41) is 32.0. The minimum absolute atomic E-state index is 0. The number of carbonyl (C=O) groups is 9. The van der Waals surface area contributed by atoms with Crippen molar-refractivity contribution in [2.45, 2.75) is 123 Å². The Morgan fingerprint density at radius 2 is 0.457 bits per heavy atom. The number of hydrogen-bond donors (Lipinski definition) is 0. The Morgan fingerprint density at radius 3 is 0.543 bits per heavy atom. The zero-order chi connectivity index (χ0) is 37.3. The van der Waals surface area contributed by atoms with Crippen molar-refractivity contribution in [1.29, 1.82) is 0 Å². The van der Waals surface area contributed by atoms with Gasteiger partial charge in [0.2, 0.25) is 0 Å². The van der Waals surface area contributed by atoms with E-state index in [9.17, 15) is 58.5 Å². The van der Waals surface area contributed by atoms with E-state index < -0.39 is 67.7 Å². The van der Waals surface area contributed by atoms with Crippen LogP contribution in [0.3, 0.4) is 0 Å². The van der Waals surface area contributed by atoms with Gasteiger partial charge in [0.05, 0.1) is 53.4 Å². The molecule has 0 aromatic heterocycles. The maximum Gasteiger partial charge on any atom is 3.00 e. The summed E-state index contributed by atoms with van der Waals surface area (Å²) in [5.74, 6) is -6.96. The van der Waals surface area contributed by atoms with Crippen molar-refractivity contribution >= 4 is 52.6 Å². The van der Waals surface area contributed by atoms with Crippen molar-refractivity contribution in [3.05, 3.63) is 0 Å². The van der Waals surface area contributed by atoms with Crippen LogP contribution < -0.4 is 15.3 Å². The first-order valence-corrected chi connectivity index (χ1v) is 14.3. The van der Waals surface area contributed by atoms with E-state index in [1.54, 1.807) is 62.3 Å². The third-order valence-electron chi connectivity index (χ3n) is 7.10. The summed E-state index contributed by atoms with van der Waals surface area (Å²) in [5.41, 5.74) is -6.67. The Kier molecular flexibility index (Phi) is 20.1. The minimum atomic E-state index is -1.60. The van der Waals surface area contributed by atoms with Gasteiger partial charge in [-0.3, -0.25) is 28.8 Å². The minimum Gasteiger partial charge on any atom is -0.549 e. The number of Topliss-reactive ketones (excluding diaryl/α,β-unsaturated/α-hetero) is 6. The molecule has 0 saturated carbocycles. The van der Waals surface area contributed by atoms with Gasteiger partial charge in [0.1, 0.15) is 17.3 Å². The van der Waals surface area contributed by atoms with Gasteiger partial charge in [-0.2, -0.15) is 0 Å². The Balaban J connectivity index is -0.000000285.